The highest BCUT2D eigenvalue weighted by Crippen LogP contribution is 2.43. The van der Waals surface area contributed by atoms with Crippen molar-refractivity contribution in [1.29, 1.82) is 0 Å². The minimum absolute atomic E-state index is 0.0802. The van der Waals surface area contributed by atoms with Crippen LogP contribution in [0.2, 0.25) is 0 Å². The predicted octanol–water partition coefficient (Wildman–Crippen LogP) is 4.40. The molecular weight excluding hydrogens is 349 g/mol. The molecule has 6 heteroatoms. The van der Waals surface area contributed by atoms with Crippen LogP contribution < -0.4 is 5.32 Å². The van der Waals surface area contributed by atoms with Crippen LogP contribution in [0.15, 0.2) is 48.5 Å². The summed E-state index contributed by atoms with van der Waals surface area (Å²) in [6.45, 7) is 3.95. The molecule has 0 saturated carbocycles. The van der Waals surface area contributed by atoms with Crippen LogP contribution in [0, 0.1) is 19.7 Å². The number of aryl methyl sites for hydroxylation is 2. The SMILES string of the molecule is Cc1ccc(-n2nc(C)c3c2NC(=O)CS[C@H]3c2cccc(F)c2)cc1. The first-order chi connectivity index (χ1) is 12.5. The van der Waals surface area contributed by atoms with E-state index in [0.717, 1.165) is 28.1 Å². The number of fused-ring (bicyclic) bond motifs is 1. The van der Waals surface area contributed by atoms with Crippen molar-refractivity contribution in [2.24, 2.45) is 0 Å². The normalized spacial score (nSPS) is 16.7. The van der Waals surface area contributed by atoms with E-state index in [1.54, 1.807) is 10.7 Å². The van der Waals surface area contributed by atoms with Crippen molar-refractivity contribution >= 4 is 23.5 Å². The van der Waals surface area contributed by atoms with Crippen molar-refractivity contribution in [2.45, 2.75) is 19.1 Å². The van der Waals surface area contributed by atoms with Crippen molar-refractivity contribution in [2.75, 3.05) is 11.1 Å². The standard InChI is InChI=1S/C20H18FN3OS/c1-12-6-8-16(9-7-12)24-20-18(13(2)23-24)19(26-11-17(25)22-20)14-4-3-5-15(21)10-14/h3-10,19H,11H2,1-2H3,(H,22,25)/t19-/m0/s1. The number of aromatic nitrogens is 2. The lowest BCUT2D eigenvalue weighted by Crippen LogP contribution is -2.15. The van der Waals surface area contributed by atoms with E-state index in [-0.39, 0.29) is 17.0 Å². The van der Waals surface area contributed by atoms with Gasteiger partial charge in [0.2, 0.25) is 5.91 Å². The molecule has 3 aromatic rings. The number of thioether (sulfide) groups is 1. The maximum absolute atomic E-state index is 13.8. The summed E-state index contributed by atoms with van der Waals surface area (Å²) in [6, 6.07) is 14.5. The van der Waals surface area contributed by atoms with Gasteiger partial charge in [-0.25, -0.2) is 9.07 Å². The van der Waals surface area contributed by atoms with Gasteiger partial charge in [0.05, 0.1) is 22.4 Å². The highest BCUT2D eigenvalue weighted by Gasteiger charge is 2.30. The van der Waals surface area contributed by atoms with Gasteiger partial charge in [0, 0.05) is 5.56 Å². The van der Waals surface area contributed by atoms with Crippen LogP contribution in [-0.4, -0.2) is 21.4 Å². The highest BCUT2D eigenvalue weighted by atomic mass is 32.2. The Morgan fingerprint density at radius 2 is 1.96 bits per heavy atom. The van der Waals surface area contributed by atoms with Crippen molar-refractivity contribution in [1.82, 2.24) is 9.78 Å². The van der Waals surface area contributed by atoms with Gasteiger partial charge in [0.15, 0.2) is 0 Å². The molecule has 1 aliphatic heterocycles. The number of halogens is 1. The molecule has 0 aliphatic carbocycles. The van der Waals surface area contributed by atoms with Gasteiger partial charge in [0.25, 0.3) is 0 Å². The van der Waals surface area contributed by atoms with E-state index in [4.69, 9.17) is 0 Å². The van der Waals surface area contributed by atoms with Crippen molar-refractivity contribution < 1.29 is 9.18 Å². The number of rotatable bonds is 2. The van der Waals surface area contributed by atoms with Gasteiger partial charge >= 0.3 is 0 Å². The molecule has 0 bridgehead atoms. The molecule has 2 aromatic carbocycles. The number of benzene rings is 2. The molecule has 4 rings (SSSR count). The molecule has 0 fully saturated rings. The maximum Gasteiger partial charge on any atom is 0.235 e. The lowest BCUT2D eigenvalue weighted by atomic mass is 10.0. The third-order valence-corrected chi connectivity index (χ3v) is 5.71. The summed E-state index contributed by atoms with van der Waals surface area (Å²) < 4.78 is 15.5. The molecule has 0 spiro atoms. The number of carbonyl (C=O) groups excluding carboxylic acids is 1. The van der Waals surface area contributed by atoms with E-state index in [1.165, 1.54) is 23.9 Å². The van der Waals surface area contributed by atoms with E-state index in [0.29, 0.717) is 11.6 Å². The molecule has 1 aliphatic rings. The summed E-state index contributed by atoms with van der Waals surface area (Å²) in [5.74, 6) is 0.610. The number of hydrogen-bond donors (Lipinski definition) is 1. The molecule has 1 aromatic heterocycles. The molecule has 2 heterocycles. The third-order valence-electron chi connectivity index (χ3n) is 4.44. The van der Waals surface area contributed by atoms with Gasteiger partial charge in [-0.2, -0.15) is 5.10 Å². The molecule has 0 radical (unpaired) electrons. The Kier molecular flexibility index (Phi) is 4.28. The summed E-state index contributed by atoms with van der Waals surface area (Å²) in [5, 5.41) is 7.49. The fourth-order valence-electron chi connectivity index (χ4n) is 3.19. The fraction of sp³-hybridized carbons (Fsp3) is 0.200. The van der Waals surface area contributed by atoms with E-state index in [1.807, 2.05) is 44.2 Å². The largest absolute Gasteiger partial charge is 0.310 e. The number of anilines is 1. The average molecular weight is 367 g/mol. The molecule has 0 saturated heterocycles. The summed E-state index contributed by atoms with van der Waals surface area (Å²) in [6.07, 6.45) is 0. The molecule has 0 unspecified atom stereocenters. The van der Waals surface area contributed by atoms with Gasteiger partial charge in [0.1, 0.15) is 11.6 Å². The number of nitrogens with zero attached hydrogens (tertiary/aromatic N) is 2. The van der Waals surface area contributed by atoms with Gasteiger partial charge in [-0.15, -0.1) is 11.8 Å². The van der Waals surface area contributed by atoms with Crippen LogP contribution in [0.1, 0.15) is 27.6 Å². The smallest absolute Gasteiger partial charge is 0.235 e. The topological polar surface area (TPSA) is 46.9 Å². The molecule has 1 amide bonds. The van der Waals surface area contributed by atoms with E-state index in [2.05, 4.69) is 10.4 Å². The molecule has 4 nitrogen and oxygen atoms in total. The van der Waals surface area contributed by atoms with Crippen molar-refractivity contribution in [3.8, 4) is 5.69 Å². The second kappa shape index (κ2) is 6.61. The molecule has 132 valence electrons. The zero-order chi connectivity index (χ0) is 18.3. The summed E-state index contributed by atoms with van der Waals surface area (Å²) >= 11 is 1.49. The number of carbonyl (C=O) groups is 1. The van der Waals surface area contributed by atoms with Crippen LogP contribution >= 0.6 is 11.8 Å². The second-order valence-corrected chi connectivity index (χ2v) is 7.48. The first-order valence-electron chi connectivity index (χ1n) is 8.36. The highest BCUT2D eigenvalue weighted by molar-refractivity contribution is 8.00. The fourth-order valence-corrected chi connectivity index (χ4v) is 4.37. The first-order valence-corrected chi connectivity index (χ1v) is 9.41. The Bertz CT molecular complexity index is 981. The van der Waals surface area contributed by atoms with Crippen LogP contribution in [-0.2, 0) is 4.79 Å². The average Bonchev–Trinajstić information content (AvgIpc) is 2.82. The Labute approximate surface area is 155 Å². The second-order valence-electron chi connectivity index (χ2n) is 6.39. The van der Waals surface area contributed by atoms with Crippen LogP contribution in [0.5, 0.6) is 0 Å². The lowest BCUT2D eigenvalue weighted by molar-refractivity contribution is -0.113. The zero-order valence-corrected chi connectivity index (χ0v) is 15.3. The lowest BCUT2D eigenvalue weighted by Gasteiger charge is -2.15. The van der Waals surface area contributed by atoms with Crippen molar-refractivity contribution in [3.63, 3.8) is 0 Å². The summed E-state index contributed by atoms with van der Waals surface area (Å²) in [7, 11) is 0. The Morgan fingerprint density at radius 1 is 1.19 bits per heavy atom. The number of hydrogen-bond acceptors (Lipinski definition) is 3. The zero-order valence-electron chi connectivity index (χ0n) is 14.5. The van der Waals surface area contributed by atoms with E-state index < -0.39 is 0 Å². The Morgan fingerprint density at radius 3 is 2.69 bits per heavy atom. The minimum Gasteiger partial charge on any atom is -0.310 e. The quantitative estimate of drug-likeness (QED) is 0.730. The Balaban J connectivity index is 1.89. The third kappa shape index (κ3) is 3.01. The van der Waals surface area contributed by atoms with E-state index in [9.17, 15) is 9.18 Å². The van der Waals surface area contributed by atoms with Crippen LogP contribution in [0.25, 0.3) is 5.69 Å². The monoisotopic (exact) mass is 367 g/mol. The summed E-state index contributed by atoms with van der Waals surface area (Å²) in [4.78, 5) is 12.3. The predicted molar refractivity (Wildman–Crippen MR) is 102 cm³/mol. The molecule has 26 heavy (non-hydrogen) atoms. The molecule has 1 atom stereocenters. The summed E-state index contributed by atoms with van der Waals surface area (Å²) in [5.41, 5.74) is 4.61. The van der Waals surface area contributed by atoms with Crippen LogP contribution in [0.4, 0.5) is 10.2 Å². The Hall–Kier alpha value is -2.60. The van der Waals surface area contributed by atoms with Crippen molar-refractivity contribution in [3.05, 3.63) is 76.7 Å². The van der Waals surface area contributed by atoms with Gasteiger partial charge in [-0.3, -0.25) is 4.79 Å². The van der Waals surface area contributed by atoms with Gasteiger partial charge in [-0.05, 0) is 43.7 Å². The number of amides is 1. The van der Waals surface area contributed by atoms with Crippen LogP contribution in [0.3, 0.4) is 0 Å². The molecule has 1 N–H and O–H groups in total. The minimum atomic E-state index is -0.281. The maximum atomic E-state index is 13.8. The van der Waals surface area contributed by atoms with Gasteiger partial charge in [-0.1, -0.05) is 29.8 Å². The number of nitrogens with one attached hydrogen (secondary N) is 1. The van der Waals surface area contributed by atoms with E-state index >= 15 is 0 Å². The first kappa shape index (κ1) is 16.8. The van der Waals surface area contributed by atoms with Gasteiger partial charge < -0.3 is 5.32 Å². The molecular formula is C20H18FN3OS.